The standard InChI is InChI=1S/C8H9ClFNO2/c9-4-1-2-5(10)7(8(4)13)6(11)3-12/h1-2,6,12-13H,3,11H2/t6-/m0/s1. The molecule has 0 aliphatic heterocycles. The van der Waals surface area contributed by atoms with Gasteiger partial charge in [0.25, 0.3) is 0 Å². The first-order valence-corrected chi connectivity index (χ1v) is 3.99. The van der Waals surface area contributed by atoms with Gasteiger partial charge in [0.1, 0.15) is 11.6 Å². The molecule has 0 amide bonds. The van der Waals surface area contributed by atoms with Crippen molar-refractivity contribution in [2.24, 2.45) is 5.73 Å². The normalized spacial score (nSPS) is 12.9. The molecule has 0 radical (unpaired) electrons. The molecule has 0 heterocycles. The van der Waals surface area contributed by atoms with Crippen LogP contribution in [0.3, 0.4) is 0 Å². The van der Waals surface area contributed by atoms with E-state index in [9.17, 15) is 9.50 Å². The van der Waals surface area contributed by atoms with Crippen molar-refractivity contribution in [2.75, 3.05) is 6.61 Å². The van der Waals surface area contributed by atoms with Crippen LogP contribution in [0.1, 0.15) is 11.6 Å². The molecule has 1 aromatic rings. The summed E-state index contributed by atoms with van der Waals surface area (Å²) in [5, 5.41) is 18.0. The highest BCUT2D eigenvalue weighted by atomic mass is 35.5. The number of hydrogen-bond acceptors (Lipinski definition) is 3. The lowest BCUT2D eigenvalue weighted by molar-refractivity contribution is 0.262. The Balaban J connectivity index is 3.25. The average Bonchev–Trinajstić information content (AvgIpc) is 2.12. The lowest BCUT2D eigenvalue weighted by Crippen LogP contribution is -2.16. The maximum Gasteiger partial charge on any atom is 0.141 e. The molecule has 0 unspecified atom stereocenters. The lowest BCUT2D eigenvalue weighted by Gasteiger charge is -2.12. The van der Waals surface area contributed by atoms with Crippen molar-refractivity contribution in [2.45, 2.75) is 6.04 Å². The molecule has 1 aromatic carbocycles. The Morgan fingerprint density at radius 3 is 2.69 bits per heavy atom. The second kappa shape index (κ2) is 3.91. The van der Waals surface area contributed by atoms with Gasteiger partial charge in [0.15, 0.2) is 0 Å². The maximum absolute atomic E-state index is 13.1. The van der Waals surface area contributed by atoms with Crippen LogP contribution in [0.5, 0.6) is 5.75 Å². The largest absolute Gasteiger partial charge is 0.506 e. The number of aliphatic hydroxyl groups is 1. The van der Waals surface area contributed by atoms with Crippen LogP contribution in [0, 0.1) is 5.82 Å². The number of halogens is 2. The van der Waals surface area contributed by atoms with Gasteiger partial charge in [-0.15, -0.1) is 0 Å². The number of phenolic OH excluding ortho intramolecular Hbond substituents is 1. The van der Waals surface area contributed by atoms with E-state index in [-0.39, 0.29) is 10.6 Å². The molecule has 13 heavy (non-hydrogen) atoms. The van der Waals surface area contributed by atoms with Gasteiger partial charge in [-0.3, -0.25) is 0 Å². The molecule has 0 aliphatic rings. The van der Waals surface area contributed by atoms with E-state index in [0.717, 1.165) is 6.07 Å². The Kier molecular flexibility index (Phi) is 3.08. The number of aromatic hydroxyl groups is 1. The Bertz CT molecular complexity index is 319. The predicted molar refractivity (Wildman–Crippen MR) is 47.1 cm³/mol. The minimum Gasteiger partial charge on any atom is -0.506 e. The highest BCUT2D eigenvalue weighted by Crippen LogP contribution is 2.32. The average molecular weight is 206 g/mol. The SMILES string of the molecule is N[C@@H](CO)c1c(F)ccc(Cl)c1O. The molecule has 0 aliphatic carbocycles. The van der Waals surface area contributed by atoms with Crippen molar-refractivity contribution in [3.8, 4) is 5.75 Å². The van der Waals surface area contributed by atoms with E-state index < -0.39 is 24.2 Å². The molecule has 0 fully saturated rings. The van der Waals surface area contributed by atoms with E-state index in [0.29, 0.717) is 0 Å². The fourth-order valence-electron chi connectivity index (χ4n) is 1.00. The van der Waals surface area contributed by atoms with E-state index >= 15 is 0 Å². The van der Waals surface area contributed by atoms with Crippen LogP contribution >= 0.6 is 11.6 Å². The summed E-state index contributed by atoms with van der Waals surface area (Å²) in [4.78, 5) is 0. The topological polar surface area (TPSA) is 66.5 Å². The third-order valence-electron chi connectivity index (χ3n) is 1.68. The highest BCUT2D eigenvalue weighted by molar-refractivity contribution is 6.32. The molecule has 0 aromatic heterocycles. The van der Waals surface area contributed by atoms with Crippen molar-refractivity contribution in [3.05, 3.63) is 28.5 Å². The van der Waals surface area contributed by atoms with Gasteiger partial charge in [0.05, 0.1) is 23.2 Å². The van der Waals surface area contributed by atoms with Crippen molar-refractivity contribution in [1.29, 1.82) is 0 Å². The second-order valence-corrected chi connectivity index (χ2v) is 2.99. The zero-order chi connectivity index (χ0) is 10.0. The summed E-state index contributed by atoms with van der Waals surface area (Å²) in [5.74, 6) is -1.09. The predicted octanol–water partition coefficient (Wildman–Crippen LogP) is 1.18. The van der Waals surface area contributed by atoms with Gasteiger partial charge < -0.3 is 15.9 Å². The van der Waals surface area contributed by atoms with Crippen LogP contribution in [0.15, 0.2) is 12.1 Å². The first kappa shape index (κ1) is 10.2. The lowest BCUT2D eigenvalue weighted by atomic mass is 10.1. The minimum absolute atomic E-state index is 0.0142. The maximum atomic E-state index is 13.1. The van der Waals surface area contributed by atoms with E-state index in [1.807, 2.05) is 0 Å². The molecular formula is C8H9ClFNO2. The quantitative estimate of drug-likeness (QED) is 0.679. The second-order valence-electron chi connectivity index (χ2n) is 2.58. The van der Waals surface area contributed by atoms with Crippen LogP contribution in [-0.2, 0) is 0 Å². The van der Waals surface area contributed by atoms with Crippen molar-refractivity contribution in [3.63, 3.8) is 0 Å². The summed E-state index contributed by atoms with van der Waals surface area (Å²) in [6.07, 6.45) is 0. The Morgan fingerprint density at radius 2 is 2.15 bits per heavy atom. The van der Waals surface area contributed by atoms with Crippen LogP contribution in [0.2, 0.25) is 5.02 Å². The molecular weight excluding hydrogens is 197 g/mol. The minimum atomic E-state index is -0.960. The monoisotopic (exact) mass is 205 g/mol. The van der Waals surface area contributed by atoms with Crippen molar-refractivity contribution < 1.29 is 14.6 Å². The summed E-state index contributed by atoms with van der Waals surface area (Å²) >= 11 is 5.53. The molecule has 72 valence electrons. The molecule has 1 rings (SSSR count). The van der Waals surface area contributed by atoms with Crippen molar-refractivity contribution in [1.82, 2.24) is 0 Å². The van der Waals surface area contributed by atoms with Crippen LogP contribution < -0.4 is 5.73 Å². The molecule has 1 atom stereocenters. The van der Waals surface area contributed by atoms with Crippen molar-refractivity contribution >= 4 is 11.6 Å². The molecule has 0 bridgehead atoms. The third-order valence-corrected chi connectivity index (χ3v) is 1.99. The number of aliphatic hydroxyl groups excluding tert-OH is 1. The van der Waals surface area contributed by atoms with Crippen LogP contribution in [-0.4, -0.2) is 16.8 Å². The fourth-order valence-corrected chi connectivity index (χ4v) is 1.17. The Hall–Kier alpha value is -0.840. The number of nitrogens with two attached hydrogens (primary N) is 1. The molecule has 3 nitrogen and oxygen atoms in total. The summed E-state index contributed by atoms with van der Waals surface area (Å²) in [7, 11) is 0. The molecule has 5 heteroatoms. The van der Waals surface area contributed by atoms with Gasteiger partial charge in [-0.05, 0) is 12.1 Å². The fraction of sp³-hybridized carbons (Fsp3) is 0.250. The van der Waals surface area contributed by atoms with E-state index in [2.05, 4.69) is 0 Å². The van der Waals surface area contributed by atoms with Crippen LogP contribution in [0.25, 0.3) is 0 Å². The van der Waals surface area contributed by atoms with Gasteiger partial charge >= 0.3 is 0 Å². The number of rotatable bonds is 2. The van der Waals surface area contributed by atoms with E-state index in [4.69, 9.17) is 22.4 Å². The molecule has 0 spiro atoms. The molecule has 0 saturated heterocycles. The summed E-state index contributed by atoms with van der Waals surface area (Å²) < 4.78 is 13.1. The summed E-state index contributed by atoms with van der Waals surface area (Å²) in [6.45, 7) is -0.454. The molecule has 4 N–H and O–H groups in total. The van der Waals surface area contributed by atoms with Gasteiger partial charge in [0, 0.05) is 0 Å². The number of benzene rings is 1. The highest BCUT2D eigenvalue weighted by Gasteiger charge is 2.17. The first-order chi connectivity index (χ1) is 6.07. The van der Waals surface area contributed by atoms with Gasteiger partial charge in [-0.2, -0.15) is 0 Å². The number of phenols is 1. The summed E-state index contributed by atoms with van der Waals surface area (Å²) in [6, 6.07) is 1.35. The Labute approximate surface area is 79.6 Å². The smallest absolute Gasteiger partial charge is 0.141 e. The van der Waals surface area contributed by atoms with E-state index in [1.165, 1.54) is 6.07 Å². The number of hydrogen-bond donors (Lipinski definition) is 3. The van der Waals surface area contributed by atoms with Gasteiger partial charge in [0.2, 0.25) is 0 Å². The van der Waals surface area contributed by atoms with Gasteiger partial charge in [-0.1, -0.05) is 11.6 Å². The Morgan fingerprint density at radius 1 is 1.54 bits per heavy atom. The zero-order valence-electron chi connectivity index (χ0n) is 6.67. The first-order valence-electron chi connectivity index (χ1n) is 3.61. The zero-order valence-corrected chi connectivity index (χ0v) is 7.42. The van der Waals surface area contributed by atoms with E-state index in [1.54, 1.807) is 0 Å². The van der Waals surface area contributed by atoms with Crippen LogP contribution in [0.4, 0.5) is 4.39 Å². The molecule has 0 saturated carbocycles. The third kappa shape index (κ3) is 1.91. The summed E-state index contributed by atoms with van der Waals surface area (Å²) in [5.41, 5.74) is 5.20. The van der Waals surface area contributed by atoms with Gasteiger partial charge in [-0.25, -0.2) is 4.39 Å².